The number of benzene rings is 1. The summed E-state index contributed by atoms with van der Waals surface area (Å²) in [6.07, 6.45) is 5.09. The summed E-state index contributed by atoms with van der Waals surface area (Å²) in [4.78, 5) is 31.7. The van der Waals surface area contributed by atoms with Crippen molar-refractivity contribution in [2.24, 2.45) is 0 Å². The molecule has 1 aliphatic rings. The lowest BCUT2D eigenvalue weighted by molar-refractivity contribution is -0.144. The van der Waals surface area contributed by atoms with Gasteiger partial charge in [-0.3, -0.25) is 24.4 Å². The first-order chi connectivity index (χ1) is 15.4. The van der Waals surface area contributed by atoms with Gasteiger partial charge in [-0.25, -0.2) is 4.39 Å². The quantitative estimate of drug-likeness (QED) is 0.556. The molecule has 0 radical (unpaired) electrons. The fraction of sp³-hybridized carbons (Fsp3) is 0.348. The number of aliphatic carboxylic acids is 2. The van der Waals surface area contributed by atoms with Gasteiger partial charge in [-0.05, 0) is 29.8 Å². The normalized spacial score (nSPS) is 16.3. The third-order valence-corrected chi connectivity index (χ3v) is 5.87. The van der Waals surface area contributed by atoms with E-state index in [0.717, 1.165) is 12.1 Å². The lowest BCUT2D eigenvalue weighted by Gasteiger charge is -2.37. The maximum Gasteiger partial charge on any atom is 0.325 e. The number of carboxylic acid groups (broad SMARTS) is 2. The molecule has 1 aromatic carbocycles. The highest BCUT2D eigenvalue weighted by molar-refractivity contribution is 5.90. The van der Waals surface area contributed by atoms with Crippen molar-refractivity contribution in [2.75, 3.05) is 26.2 Å². The number of aromatic nitrogens is 2. The Bertz CT molecular complexity index is 1110. The van der Waals surface area contributed by atoms with Crippen LogP contribution in [0.3, 0.4) is 0 Å². The van der Waals surface area contributed by atoms with E-state index >= 15 is 0 Å². The molecule has 9 heteroatoms. The minimum Gasteiger partial charge on any atom is -0.481 e. The third-order valence-electron chi connectivity index (χ3n) is 5.87. The molecular formula is C23H25FN4O4. The van der Waals surface area contributed by atoms with E-state index < -0.39 is 23.8 Å². The van der Waals surface area contributed by atoms with Crippen molar-refractivity contribution in [3.05, 3.63) is 65.9 Å². The van der Waals surface area contributed by atoms with Gasteiger partial charge in [0, 0.05) is 68.8 Å². The average Bonchev–Trinajstić information content (AvgIpc) is 3.11. The Hall–Kier alpha value is -3.30. The van der Waals surface area contributed by atoms with E-state index in [-0.39, 0.29) is 13.0 Å². The minimum atomic E-state index is -0.979. The number of pyridine rings is 1. The van der Waals surface area contributed by atoms with Crippen LogP contribution in [0.4, 0.5) is 4.39 Å². The Kier molecular flexibility index (Phi) is 6.48. The number of hydrogen-bond acceptors (Lipinski definition) is 5. The number of halogens is 1. The van der Waals surface area contributed by atoms with E-state index in [0.29, 0.717) is 42.6 Å². The molecule has 32 heavy (non-hydrogen) atoms. The molecule has 8 nitrogen and oxygen atoms in total. The van der Waals surface area contributed by atoms with Gasteiger partial charge in [0.2, 0.25) is 0 Å². The SMILES string of the molecule is O=C(O)CCn1cc([C@@H](C(=O)O)N2CCN(Cc3cccnc3)CC2)c2ccc(F)cc21. The van der Waals surface area contributed by atoms with Gasteiger partial charge in [0.05, 0.1) is 11.9 Å². The van der Waals surface area contributed by atoms with Crippen LogP contribution in [0.5, 0.6) is 0 Å². The van der Waals surface area contributed by atoms with Crippen LogP contribution < -0.4 is 0 Å². The van der Waals surface area contributed by atoms with Crippen molar-refractivity contribution >= 4 is 22.8 Å². The molecular weight excluding hydrogens is 415 g/mol. The van der Waals surface area contributed by atoms with Crippen LogP contribution in [0.2, 0.25) is 0 Å². The largest absolute Gasteiger partial charge is 0.481 e. The van der Waals surface area contributed by atoms with Gasteiger partial charge in [-0.1, -0.05) is 6.07 Å². The molecule has 0 aliphatic carbocycles. The molecule has 1 aliphatic heterocycles. The summed E-state index contributed by atoms with van der Waals surface area (Å²) in [6.45, 7) is 3.46. The van der Waals surface area contributed by atoms with Gasteiger partial charge < -0.3 is 14.8 Å². The van der Waals surface area contributed by atoms with E-state index in [9.17, 15) is 19.1 Å². The van der Waals surface area contributed by atoms with Gasteiger partial charge >= 0.3 is 11.9 Å². The number of nitrogens with zero attached hydrogens (tertiary/aromatic N) is 4. The van der Waals surface area contributed by atoms with Crippen LogP contribution >= 0.6 is 0 Å². The molecule has 0 spiro atoms. The molecule has 3 aromatic rings. The summed E-state index contributed by atoms with van der Waals surface area (Å²) in [5, 5.41) is 19.7. The third kappa shape index (κ3) is 4.79. The van der Waals surface area contributed by atoms with Gasteiger partial charge in [0.1, 0.15) is 11.9 Å². The Labute approximate surface area is 184 Å². The van der Waals surface area contributed by atoms with Crippen LogP contribution in [0.1, 0.15) is 23.6 Å². The summed E-state index contributed by atoms with van der Waals surface area (Å²) >= 11 is 0. The fourth-order valence-electron chi connectivity index (χ4n) is 4.33. The van der Waals surface area contributed by atoms with E-state index in [1.54, 1.807) is 23.0 Å². The second-order valence-corrected chi connectivity index (χ2v) is 8.00. The zero-order valence-corrected chi connectivity index (χ0v) is 17.5. The zero-order chi connectivity index (χ0) is 22.7. The lowest BCUT2D eigenvalue weighted by Crippen LogP contribution is -2.48. The highest BCUT2D eigenvalue weighted by atomic mass is 19.1. The van der Waals surface area contributed by atoms with E-state index in [1.165, 1.54) is 12.1 Å². The monoisotopic (exact) mass is 440 g/mol. The Balaban J connectivity index is 1.56. The maximum absolute atomic E-state index is 13.9. The van der Waals surface area contributed by atoms with Crippen LogP contribution in [-0.2, 0) is 22.7 Å². The Morgan fingerprint density at radius 1 is 1.12 bits per heavy atom. The first-order valence-corrected chi connectivity index (χ1v) is 10.5. The minimum absolute atomic E-state index is 0.134. The van der Waals surface area contributed by atoms with Crippen LogP contribution in [0, 0.1) is 5.82 Å². The first kappa shape index (κ1) is 21.9. The molecule has 2 aromatic heterocycles. The molecule has 0 unspecified atom stereocenters. The van der Waals surface area contributed by atoms with Crippen LogP contribution in [0.15, 0.2) is 48.9 Å². The summed E-state index contributed by atoms with van der Waals surface area (Å²) in [5.74, 6) is -2.40. The second-order valence-electron chi connectivity index (χ2n) is 8.00. The second kappa shape index (κ2) is 9.46. The number of carboxylic acids is 2. The Morgan fingerprint density at radius 3 is 2.56 bits per heavy atom. The van der Waals surface area contributed by atoms with Gasteiger partial charge in [-0.15, -0.1) is 0 Å². The molecule has 168 valence electrons. The topological polar surface area (TPSA) is 98.9 Å². The first-order valence-electron chi connectivity index (χ1n) is 10.5. The molecule has 0 amide bonds. The van der Waals surface area contributed by atoms with Crippen molar-refractivity contribution in [3.63, 3.8) is 0 Å². The molecule has 3 heterocycles. The van der Waals surface area contributed by atoms with Crippen molar-refractivity contribution in [2.45, 2.75) is 25.6 Å². The van der Waals surface area contributed by atoms with Gasteiger partial charge in [0.15, 0.2) is 0 Å². The number of rotatable bonds is 8. The fourth-order valence-corrected chi connectivity index (χ4v) is 4.33. The Morgan fingerprint density at radius 2 is 1.91 bits per heavy atom. The van der Waals surface area contributed by atoms with Crippen molar-refractivity contribution < 1.29 is 24.2 Å². The average molecular weight is 440 g/mol. The van der Waals surface area contributed by atoms with Crippen molar-refractivity contribution in [1.82, 2.24) is 19.4 Å². The highest BCUT2D eigenvalue weighted by Gasteiger charge is 2.32. The number of carbonyl (C=O) groups is 2. The van der Waals surface area contributed by atoms with Crippen LogP contribution in [0.25, 0.3) is 10.9 Å². The summed E-state index contributed by atoms with van der Waals surface area (Å²) in [7, 11) is 0. The summed E-state index contributed by atoms with van der Waals surface area (Å²) < 4.78 is 15.5. The van der Waals surface area contributed by atoms with Crippen LogP contribution in [-0.4, -0.2) is 67.7 Å². The lowest BCUT2D eigenvalue weighted by atomic mass is 10.0. The number of aryl methyl sites for hydroxylation is 1. The maximum atomic E-state index is 13.9. The predicted octanol–water partition coefficient (Wildman–Crippen LogP) is 2.59. The molecule has 4 rings (SSSR count). The van der Waals surface area contributed by atoms with Gasteiger partial charge in [0.25, 0.3) is 0 Å². The summed E-state index contributed by atoms with van der Waals surface area (Å²) in [6, 6.07) is 7.23. The molecule has 1 atom stereocenters. The van der Waals surface area contributed by atoms with E-state index in [2.05, 4.69) is 9.88 Å². The van der Waals surface area contributed by atoms with E-state index in [4.69, 9.17) is 5.11 Å². The summed E-state index contributed by atoms with van der Waals surface area (Å²) in [5.41, 5.74) is 2.17. The smallest absolute Gasteiger partial charge is 0.325 e. The van der Waals surface area contributed by atoms with E-state index in [1.807, 2.05) is 23.2 Å². The number of fused-ring (bicyclic) bond motifs is 1. The van der Waals surface area contributed by atoms with Crippen molar-refractivity contribution in [1.29, 1.82) is 0 Å². The molecule has 0 saturated carbocycles. The standard InChI is InChI=1S/C23H25FN4O4/c24-17-3-4-18-19(15-28(20(18)12-17)7-5-21(29)30)22(23(31)32)27-10-8-26(9-11-27)14-16-2-1-6-25-13-16/h1-4,6,12-13,15,22H,5,7-11,14H2,(H,29,30)(H,31,32)/t22-/m0/s1. The zero-order valence-electron chi connectivity index (χ0n) is 17.5. The number of piperazine rings is 1. The molecule has 2 N–H and O–H groups in total. The molecule has 1 saturated heterocycles. The predicted molar refractivity (Wildman–Crippen MR) is 116 cm³/mol. The van der Waals surface area contributed by atoms with Gasteiger partial charge in [-0.2, -0.15) is 0 Å². The molecule has 0 bridgehead atoms. The highest BCUT2D eigenvalue weighted by Crippen LogP contribution is 2.32. The molecule has 1 fully saturated rings. The van der Waals surface area contributed by atoms with Crippen molar-refractivity contribution in [3.8, 4) is 0 Å². The number of hydrogen-bond donors (Lipinski definition) is 2.